The molecule has 0 bridgehead atoms. The molecule has 19 heavy (non-hydrogen) atoms. The number of hydrogen-bond donors (Lipinski definition) is 1. The number of halogens is 1. The van der Waals surface area contributed by atoms with Gasteiger partial charge in [-0.15, -0.1) is 11.6 Å². The Morgan fingerprint density at radius 3 is 2.68 bits per heavy atom. The lowest BCUT2D eigenvalue weighted by Crippen LogP contribution is -2.48. The Kier molecular flexibility index (Phi) is 4.70. The molecule has 1 N–H and O–H groups in total. The number of carbonyl (C=O) groups is 1. The number of alkyl halides is 1. The molecule has 3 nitrogen and oxygen atoms in total. The summed E-state index contributed by atoms with van der Waals surface area (Å²) in [7, 11) is 1.62. The quantitative estimate of drug-likeness (QED) is 0.843. The highest BCUT2D eigenvalue weighted by atomic mass is 35.5. The summed E-state index contributed by atoms with van der Waals surface area (Å²) in [5.41, 5.74) is 0.714. The fraction of sp³-hybridized carbons (Fsp3) is 0.533. The second-order valence-corrected chi connectivity index (χ2v) is 5.43. The first-order valence-electron chi connectivity index (χ1n) is 6.68. The van der Waals surface area contributed by atoms with E-state index in [0.717, 1.165) is 37.0 Å². The van der Waals surface area contributed by atoms with Crippen molar-refractivity contribution in [2.45, 2.75) is 37.6 Å². The van der Waals surface area contributed by atoms with Gasteiger partial charge in [0.1, 0.15) is 5.75 Å². The monoisotopic (exact) mass is 281 g/mol. The summed E-state index contributed by atoms with van der Waals surface area (Å²) < 4.78 is 5.26. The first-order valence-corrected chi connectivity index (χ1v) is 7.21. The van der Waals surface area contributed by atoms with Gasteiger partial charge in [0.15, 0.2) is 0 Å². The van der Waals surface area contributed by atoms with Gasteiger partial charge in [-0.25, -0.2) is 0 Å². The van der Waals surface area contributed by atoms with Gasteiger partial charge in [-0.05, 0) is 18.9 Å². The van der Waals surface area contributed by atoms with Crippen LogP contribution in [0.1, 0.15) is 31.2 Å². The third-order valence-electron chi connectivity index (χ3n) is 3.76. The Morgan fingerprint density at radius 2 is 2.05 bits per heavy atom. The number of benzene rings is 1. The van der Waals surface area contributed by atoms with E-state index in [9.17, 15) is 4.79 Å². The average molecular weight is 282 g/mol. The van der Waals surface area contributed by atoms with Crippen molar-refractivity contribution in [3.63, 3.8) is 0 Å². The number of amides is 1. The molecular formula is C15H20ClNO2. The molecule has 0 heterocycles. The van der Waals surface area contributed by atoms with Gasteiger partial charge in [0, 0.05) is 11.4 Å². The van der Waals surface area contributed by atoms with Crippen molar-refractivity contribution in [3.8, 4) is 5.75 Å². The van der Waals surface area contributed by atoms with E-state index >= 15 is 0 Å². The van der Waals surface area contributed by atoms with E-state index in [1.807, 2.05) is 24.3 Å². The van der Waals surface area contributed by atoms with Gasteiger partial charge in [-0.2, -0.15) is 0 Å². The predicted octanol–water partition coefficient (Wildman–Crippen LogP) is 2.91. The summed E-state index contributed by atoms with van der Waals surface area (Å²) in [6.07, 6.45) is 4.58. The number of methoxy groups -OCH3 is 1. The van der Waals surface area contributed by atoms with Crippen LogP contribution in [0.3, 0.4) is 0 Å². The Morgan fingerprint density at radius 1 is 1.37 bits per heavy atom. The zero-order chi connectivity index (χ0) is 13.7. The fourth-order valence-corrected chi connectivity index (χ4v) is 3.04. The average Bonchev–Trinajstić information content (AvgIpc) is 2.88. The number of carbonyl (C=O) groups excluding carboxylic acids is 1. The second kappa shape index (κ2) is 6.29. The molecule has 4 heteroatoms. The SMILES string of the molecule is COc1ccccc1CC(=O)NC1(CCl)CCCC1. The summed E-state index contributed by atoms with van der Waals surface area (Å²) in [5.74, 6) is 1.26. The van der Waals surface area contributed by atoms with Crippen LogP contribution in [0.15, 0.2) is 24.3 Å². The van der Waals surface area contributed by atoms with Crippen molar-refractivity contribution in [2.24, 2.45) is 0 Å². The van der Waals surface area contributed by atoms with Crippen molar-refractivity contribution in [1.29, 1.82) is 0 Å². The fourth-order valence-electron chi connectivity index (χ4n) is 2.71. The molecule has 0 aromatic heterocycles. The molecular weight excluding hydrogens is 262 g/mol. The maximum Gasteiger partial charge on any atom is 0.225 e. The van der Waals surface area contributed by atoms with Gasteiger partial charge >= 0.3 is 0 Å². The smallest absolute Gasteiger partial charge is 0.225 e. The van der Waals surface area contributed by atoms with Crippen LogP contribution in [0.5, 0.6) is 5.75 Å². The molecule has 1 aliphatic rings. The van der Waals surface area contributed by atoms with Crippen molar-refractivity contribution < 1.29 is 9.53 Å². The highest BCUT2D eigenvalue weighted by Crippen LogP contribution is 2.31. The number of rotatable bonds is 5. The Balaban J connectivity index is 2.01. The van der Waals surface area contributed by atoms with Crippen molar-refractivity contribution in [3.05, 3.63) is 29.8 Å². The van der Waals surface area contributed by atoms with Crippen LogP contribution in [-0.2, 0) is 11.2 Å². The number of ether oxygens (including phenoxy) is 1. The minimum Gasteiger partial charge on any atom is -0.496 e. The second-order valence-electron chi connectivity index (χ2n) is 5.16. The summed E-state index contributed by atoms with van der Waals surface area (Å²) in [6, 6.07) is 7.60. The molecule has 1 fully saturated rings. The van der Waals surface area contributed by atoms with E-state index < -0.39 is 0 Å². The van der Waals surface area contributed by atoms with Gasteiger partial charge in [0.25, 0.3) is 0 Å². The minimum absolute atomic E-state index is 0.0204. The van der Waals surface area contributed by atoms with Crippen LogP contribution in [0.2, 0.25) is 0 Å². The van der Waals surface area contributed by atoms with Crippen LogP contribution in [0.4, 0.5) is 0 Å². The molecule has 1 saturated carbocycles. The molecule has 0 unspecified atom stereocenters. The topological polar surface area (TPSA) is 38.3 Å². The van der Waals surface area contributed by atoms with Gasteiger partial charge in [0.05, 0.1) is 19.1 Å². The Bertz CT molecular complexity index is 442. The van der Waals surface area contributed by atoms with E-state index in [-0.39, 0.29) is 11.4 Å². The summed E-state index contributed by atoms with van der Waals surface area (Å²) in [5, 5.41) is 3.12. The van der Waals surface area contributed by atoms with Crippen LogP contribution in [0.25, 0.3) is 0 Å². The van der Waals surface area contributed by atoms with Gasteiger partial charge in [-0.3, -0.25) is 4.79 Å². The van der Waals surface area contributed by atoms with Crippen LogP contribution < -0.4 is 10.1 Å². The number of hydrogen-bond acceptors (Lipinski definition) is 2. The molecule has 1 aliphatic carbocycles. The molecule has 104 valence electrons. The minimum atomic E-state index is -0.194. The number of para-hydroxylation sites is 1. The standard InChI is InChI=1S/C15H20ClNO2/c1-19-13-7-3-2-6-12(13)10-14(18)17-15(11-16)8-4-5-9-15/h2-3,6-7H,4-5,8-11H2,1H3,(H,17,18). The zero-order valence-corrected chi connectivity index (χ0v) is 12.0. The first kappa shape index (κ1) is 14.2. The Labute approximate surface area is 119 Å². The molecule has 0 spiro atoms. The largest absolute Gasteiger partial charge is 0.496 e. The van der Waals surface area contributed by atoms with Crippen molar-refractivity contribution in [2.75, 3.05) is 13.0 Å². The predicted molar refractivity (Wildman–Crippen MR) is 76.8 cm³/mol. The van der Waals surface area contributed by atoms with E-state index in [1.165, 1.54) is 0 Å². The number of nitrogens with one attached hydrogen (secondary N) is 1. The molecule has 1 aromatic carbocycles. The highest BCUT2D eigenvalue weighted by Gasteiger charge is 2.34. The summed E-state index contributed by atoms with van der Waals surface area (Å²) >= 11 is 6.03. The van der Waals surface area contributed by atoms with Crippen molar-refractivity contribution >= 4 is 17.5 Å². The lowest BCUT2D eigenvalue weighted by atomic mass is 9.99. The van der Waals surface area contributed by atoms with E-state index in [2.05, 4.69) is 5.32 Å². The van der Waals surface area contributed by atoms with E-state index in [4.69, 9.17) is 16.3 Å². The maximum atomic E-state index is 12.2. The third kappa shape index (κ3) is 3.41. The molecule has 0 saturated heterocycles. The van der Waals surface area contributed by atoms with Gasteiger partial charge < -0.3 is 10.1 Å². The molecule has 0 atom stereocenters. The highest BCUT2D eigenvalue weighted by molar-refractivity contribution is 6.18. The normalized spacial score (nSPS) is 17.2. The first-order chi connectivity index (χ1) is 9.19. The lowest BCUT2D eigenvalue weighted by Gasteiger charge is -2.28. The zero-order valence-electron chi connectivity index (χ0n) is 11.2. The molecule has 1 aromatic rings. The van der Waals surface area contributed by atoms with Crippen molar-refractivity contribution in [1.82, 2.24) is 5.32 Å². The van der Waals surface area contributed by atoms with Crippen LogP contribution in [0, 0.1) is 0 Å². The third-order valence-corrected chi connectivity index (χ3v) is 4.28. The van der Waals surface area contributed by atoms with Gasteiger partial charge in [-0.1, -0.05) is 31.0 Å². The van der Waals surface area contributed by atoms with Gasteiger partial charge in [0.2, 0.25) is 5.91 Å². The maximum absolute atomic E-state index is 12.2. The van der Waals surface area contributed by atoms with E-state index in [1.54, 1.807) is 7.11 Å². The summed E-state index contributed by atoms with van der Waals surface area (Å²) in [6.45, 7) is 0. The van der Waals surface area contributed by atoms with Crippen LogP contribution in [-0.4, -0.2) is 24.4 Å². The molecule has 2 rings (SSSR count). The molecule has 0 aliphatic heterocycles. The summed E-state index contributed by atoms with van der Waals surface area (Å²) in [4.78, 5) is 12.2. The Hall–Kier alpha value is -1.22. The lowest BCUT2D eigenvalue weighted by molar-refractivity contribution is -0.122. The molecule has 0 radical (unpaired) electrons. The molecule has 1 amide bonds. The van der Waals surface area contributed by atoms with Crippen LogP contribution >= 0.6 is 11.6 Å². The van der Waals surface area contributed by atoms with E-state index in [0.29, 0.717) is 12.3 Å².